The van der Waals surface area contributed by atoms with Gasteiger partial charge in [0.1, 0.15) is 0 Å². The molecule has 0 saturated carbocycles. The summed E-state index contributed by atoms with van der Waals surface area (Å²) in [7, 11) is 0. The molecule has 198 valence electrons. The topological polar surface area (TPSA) is 98.1 Å². The van der Waals surface area contributed by atoms with E-state index >= 15 is 0 Å². The summed E-state index contributed by atoms with van der Waals surface area (Å²) in [5, 5.41) is 33.0. The summed E-state index contributed by atoms with van der Waals surface area (Å²) in [6.45, 7) is 3.84. The number of carbonyl (C=O) groups is 2. The van der Waals surface area contributed by atoms with Gasteiger partial charge in [-0.2, -0.15) is 0 Å². The molecule has 4 atom stereocenters. The summed E-state index contributed by atoms with van der Waals surface area (Å²) in [4.78, 5) is 28.8. The largest absolute Gasteiger partial charge is 0.505 e. The van der Waals surface area contributed by atoms with E-state index in [2.05, 4.69) is 0 Å². The fourth-order valence-electron chi connectivity index (χ4n) is 5.81. The minimum absolute atomic E-state index is 0.205. The lowest BCUT2D eigenvalue weighted by molar-refractivity contribution is -0.140. The number of aromatic hydroxyl groups is 1. The van der Waals surface area contributed by atoms with E-state index < -0.39 is 35.4 Å². The van der Waals surface area contributed by atoms with E-state index in [0.29, 0.717) is 30.4 Å². The second-order valence-corrected chi connectivity index (χ2v) is 11.1. The Hall–Kier alpha value is -2.81. The smallest absolute Gasteiger partial charge is 0.234 e. The third-order valence-corrected chi connectivity index (χ3v) is 8.38. The molecule has 0 bridgehead atoms. The number of carbonyl (C=O) groups excluding carboxylic acids is 2. The Morgan fingerprint density at radius 2 is 2.03 bits per heavy atom. The highest BCUT2D eigenvalue weighted by Crippen LogP contribution is 2.46. The molecule has 0 unspecified atom stereocenters. The number of phenolic OH excluding ortho intramolecular Hbond substituents is 1. The number of nitrogens with zero attached hydrogens (tertiary/aromatic N) is 1. The highest BCUT2D eigenvalue weighted by molar-refractivity contribution is 7.09. The second kappa shape index (κ2) is 11.7. The zero-order valence-electron chi connectivity index (χ0n) is 21.2. The molecule has 0 radical (unpaired) electrons. The number of allylic oxidation sites excluding steroid dienone is 2. The minimum Gasteiger partial charge on any atom is -0.505 e. The van der Waals surface area contributed by atoms with Crippen LogP contribution in [0.5, 0.6) is 5.75 Å². The Morgan fingerprint density at radius 1 is 1.24 bits per heavy atom. The number of likely N-dealkylation sites (tertiary alicyclic amines) is 1. The van der Waals surface area contributed by atoms with E-state index in [-0.39, 0.29) is 25.0 Å². The number of amides is 2. The van der Waals surface area contributed by atoms with Crippen molar-refractivity contribution in [2.45, 2.75) is 58.6 Å². The Morgan fingerprint density at radius 3 is 2.68 bits per heavy atom. The number of halogens is 1. The van der Waals surface area contributed by atoms with Gasteiger partial charge in [0, 0.05) is 10.8 Å². The van der Waals surface area contributed by atoms with Crippen molar-refractivity contribution in [2.75, 3.05) is 6.61 Å². The molecule has 1 aromatic heterocycles. The lowest BCUT2D eigenvalue weighted by atomic mass is 9.68. The van der Waals surface area contributed by atoms with Gasteiger partial charge in [-0.05, 0) is 67.3 Å². The number of phenols is 1. The van der Waals surface area contributed by atoms with Gasteiger partial charge in [0.15, 0.2) is 11.6 Å². The lowest BCUT2D eigenvalue weighted by Crippen LogP contribution is -2.38. The Balaban J connectivity index is 1.51. The summed E-state index contributed by atoms with van der Waals surface area (Å²) < 4.78 is 13.8. The van der Waals surface area contributed by atoms with E-state index in [1.807, 2.05) is 37.4 Å². The molecule has 6 nitrogen and oxygen atoms in total. The van der Waals surface area contributed by atoms with E-state index in [0.717, 1.165) is 28.9 Å². The maximum atomic E-state index is 13.8. The van der Waals surface area contributed by atoms with Gasteiger partial charge in [-0.25, -0.2) is 4.39 Å². The van der Waals surface area contributed by atoms with Gasteiger partial charge in [-0.3, -0.25) is 14.5 Å². The van der Waals surface area contributed by atoms with Crippen molar-refractivity contribution in [2.24, 2.45) is 17.8 Å². The first-order valence-corrected chi connectivity index (χ1v) is 13.7. The summed E-state index contributed by atoms with van der Waals surface area (Å²) >= 11 is 1.49. The van der Waals surface area contributed by atoms with Gasteiger partial charge in [-0.1, -0.05) is 42.7 Å². The number of rotatable bonds is 10. The molecule has 1 aliphatic carbocycles. The molecule has 1 fully saturated rings. The zero-order valence-corrected chi connectivity index (χ0v) is 22.0. The highest BCUT2D eigenvalue weighted by atomic mass is 32.1. The number of hydrogen-bond donors (Lipinski definition) is 3. The Kier molecular flexibility index (Phi) is 8.62. The molecule has 1 aliphatic heterocycles. The third kappa shape index (κ3) is 5.71. The van der Waals surface area contributed by atoms with Crippen LogP contribution in [0.15, 0.2) is 52.4 Å². The summed E-state index contributed by atoms with van der Waals surface area (Å²) in [5.74, 6) is -3.35. The number of fused-ring (bicyclic) bond motifs is 1. The van der Waals surface area contributed by atoms with Gasteiger partial charge in [0.25, 0.3) is 0 Å². The number of thiophene rings is 1. The maximum Gasteiger partial charge on any atom is 0.234 e. The van der Waals surface area contributed by atoms with Crippen LogP contribution < -0.4 is 0 Å². The van der Waals surface area contributed by atoms with Crippen molar-refractivity contribution in [1.82, 2.24) is 4.90 Å². The second-order valence-electron chi connectivity index (χ2n) is 10.0. The minimum atomic E-state index is -0.871. The highest BCUT2D eigenvalue weighted by Gasteiger charge is 2.54. The number of aliphatic hydroxyl groups is 2. The van der Waals surface area contributed by atoms with Crippen LogP contribution >= 0.6 is 11.3 Å². The summed E-state index contributed by atoms with van der Waals surface area (Å²) in [6, 6.07) is 8.02. The predicted octanol–water partition coefficient (Wildman–Crippen LogP) is 5.05. The van der Waals surface area contributed by atoms with Gasteiger partial charge < -0.3 is 15.3 Å². The molecule has 37 heavy (non-hydrogen) atoms. The summed E-state index contributed by atoms with van der Waals surface area (Å²) in [5.41, 5.74) is 3.19. The van der Waals surface area contributed by atoms with Crippen LogP contribution in [-0.2, 0) is 16.1 Å². The van der Waals surface area contributed by atoms with Crippen LogP contribution in [0.1, 0.15) is 56.4 Å². The van der Waals surface area contributed by atoms with Gasteiger partial charge in [0.2, 0.25) is 11.8 Å². The normalized spacial score (nSPS) is 23.1. The predicted molar refractivity (Wildman–Crippen MR) is 141 cm³/mol. The van der Waals surface area contributed by atoms with Gasteiger partial charge in [-0.15, -0.1) is 11.3 Å². The molecule has 2 aliphatic rings. The summed E-state index contributed by atoms with van der Waals surface area (Å²) in [6.07, 6.45) is 3.98. The quantitative estimate of drug-likeness (QED) is 0.297. The molecule has 1 aromatic carbocycles. The van der Waals surface area contributed by atoms with Crippen LogP contribution in [0.2, 0.25) is 0 Å². The first kappa shape index (κ1) is 27.2. The average molecular weight is 528 g/mol. The number of hydrogen-bond acceptors (Lipinski definition) is 6. The van der Waals surface area contributed by atoms with Crippen molar-refractivity contribution >= 4 is 29.2 Å². The third-order valence-electron chi connectivity index (χ3n) is 7.52. The van der Waals surface area contributed by atoms with Crippen LogP contribution in [0.4, 0.5) is 4.39 Å². The lowest BCUT2D eigenvalue weighted by Gasteiger charge is -2.35. The molecule has 1 saturated heterocycles. The molecule has 4 rings (SSSR count). The van der Waals surface area contributed by atoms with E-state index in [9.17, 15) is 29.3 Å². The van der Waals surface area contributed by atoms with Crippen molar-refractivity contribution in [3.63, 3.8) is 0 Å². The van der Waals surface area contributed by atoms with Crippen molar-refractivity contribution in [1.29, 1.82) is 0 Å². The molecule has 3 N–H and O–H groups in total. The van der Waals surface area contributed by atoms with Crippen molar-refractivity contribution in [3.05, 3.63) is 68.7 Å². The standard InChI is InChI=1S/C29H34FNO5S/c1-3-5-18(13-19-8-9-24(33)23(30)14-19)7-10-25(34)26-17(2)12-21-27(22(26)16-32)29(36)31(28(21)35)15-20-6-4-11-37-20/h4,6,8-9,11,13-14,21-22,25,27,32-34H,3,5,7,10,12,15-16H2,1-2H3/b18-13+/t21-,22+,25-,27-/m1/s1. The molecular weight excluding hydrogens is 493 g/mol. The first-order chi connectivity index (χ1) is 17.7. The van der Waals surface area contributed by atoms with E-state index in [4.69, 9.17) is 0 Å². The number of benzene rings is 1. The SMILES string of the molecule is CCC/C(=C\c1ccc(O)c(F)c1)CC[C@@H](O)C1=C(C)C[C@H]2C(=O)N(Cc3cccs3)C(=O)[C@H]2[C@H]1CO. The fourth-order valence-corrected chi connectivity index (χ4v) is 6.51. The van der Waals surface area contributed by atoms with E-state index in [1.165, 1.54) is 28.4 Å². The van der Waals surface area contributed by atoms with E-state index in [1.54, 1.807) is 6.07 Å². The molecular formula is C29H34FNO5S. The van der Waals surface area contributed by atoms with Gasteiger partial charge in [0.05, 0.1) is 31.1 Å². The van der Waals surface area contributed by atoms with Crippen LogP contribution in [0, 0.1) is 23.6 Å². The van der Waals surface area contributed by atoms with Crippen LogP contribution in [0.25, 0.3) is 6.08 Å². The molecule has 2 aromatic rings. The first-order valence-electron chi connectivity index (χ1n) is 12.8. The van der Waals surface area contributed by atoms with Crippen LogP contribution in [-0.4, -0.2) is 44.7 Å². The fraction of sp³-hybridized carbons (Fsp3) is 0.448. The molecule has 0 spiro atoms. The molecule has 8 heteroatoms. The Labute approximate surface area is 220 Å². The Bertz CT molecular complexity index is 1200. The average Bonchev–Trinajstić information content (AvgIpc) is 3.47. The van der Waals surface area contributed by atoms with Crippen molar-refractivity contribution in [3.8, 4) is 5.75 Å². The number of aliphatic hydroxyl groups excluding tert-OH is 2. The maximum absolute atomic E-state index is 13.8. The monoisotopic (exact) mass is 527 g/mol. The molecule has 2 heterocycles. The van der Waals surface area contributed by atoms with Gasteiger partial charge >= 0.3 is 0 Å². The molecule has 2 amide bonds. The van der Waals surface area contributed by atoms with Crippen molar-refractivity contribution < 1.29 is 29.3 Å². The van der Waals surface area contributed by atoms with Crippen LogP contribution in [0.3, 0.4) is 0 Å². The number of imide groups is 1. The zero-order chi connectivity index (χ0) is 26.7.